The minimum absolute atomic E-state index is 0.219. The van der Waals surface area contributed by atoms with Gasteiger partial charge in [-0.05, 0) is 0 Å². The molecule has 1 radical (unpaired) electrons. The molecule has 0 saturated carbocycles. The third-order valence-corrected chi connectivity index (χ3v) is 4.14. The van der Waals surface area contributed by atoms with Crippen LogP contribution < -0.4 is 19.5 Å². The number of anilines is 1. The Labute approximate surface area is 147 Å². The van der Waals surface area contributed by atoms with Gasteiger partial charge in [-0.15, -0.1) is 0 Å². The van der Waals surface area contributed by atoms with Crippen molar-refractivity contribution < 1.29 is 23.8 Å². The van der Waals surface area contributed by atoms with Crippen molar-refractivity contribution in [2.45, 2.75) is 6.42 Å². The van der Waals surface area contributed by atoms with E-state index in [4.69, 9.17) is 14.2 Å². The van der Waals surface area contributed by atoms with Crippen molar-refractivity contribution >= 4 is 18.0 Å². The molecule has 1 aromatic carbocycles. The van der Waals surface area contributed by atoms with Crippen molar-refractivity contribution in [1.29, 1.82) is 0 Å². The van der Waals surface area contributed by atoms with Gasteiger partial charge < -0.3 is 24.4 Å². The molecule has 1 aliphatic heterocycles. The maximum atomic E-state index is 12.6. The predicted molar refractivity (Wildman–Crippen MR) is 93.4 cm³/mol. The normalized spacial score (nSPS) is 14.8. The molecule has 0 spiro atoms. The average molecular weight is 350 g/mol. The first-order valence-electron chi connectivity index (χ1n) is 8.06. The van der Waals surface area contributed by atoms with Crippen LogP contribution in [0.3, 0.4) is 0 Å². The van der Waals surface area contributed by atoms with Gasteiger partial charge in [0.1, 0.15) is 22.9 Å². The Balaban J connectivity index is 2.04. The lowest BCUT2D eigenvalue weighted by Crippen LogP contribution is -2.50. The van der Waals surface area contributed by atoms with E-state index in [0.29, 0.717) is 49.0 Å². The topological polar surface area (TPSA) is 80.3 Å². The summed E-state index contributed by atoms with van der Waals surface area (Å²) in [6, 6.07) is 3.15. The zero-order chi connectivity index (χ0) is 18.2. The lowest BCUT2D eigenvalue weighted by molar-refractivity contribution is 0.149. The molecule has 0 bridgehead atoms. The molecule has 0 unspecified atom stereocenters. The van der Waals surface area contributed by atoms with Crippen LogP contribution in [0, 0.1) is 0 Å². The zero-order valence-electron chi connectivity index (χ0n) is 14.8. The summed E-state index contributed by atoms with van der Waals surface area (Å²) >= 11 is 0. The predicted octanol–water partition coefficient (Wildman–Crippen LogP) is 1.36. The van der Waals surface area contributed by atoms with E-state index in [-0.39, 0.29) is 6.03 Å². The van der Waals surface area contributed by atoms with Gasteiger partial charge in [0.05, 0.1) is 21.3 Å². The third kappa shape index (κ3) is 4.76. The first-order valence-corrected chi connectivity index (χ1v) is 8.06. The average Bonchev–Trinajstić information content (AvgIpc) is 2.66. The van der Waals surface area contributed by atoms with E-state index in [1.54, 1.807) is 24.1 Å². The molecule has 1 N–H and O–H groups in total. The van der Waals surface area contributed by atoms with E-state index in [9.17, 15) is 9.59 Å². The highest BCUT2D eigenvalue weighted by molar-refractivity contribution is 5.93. The number of ether oxygens (including phenoxy) is 3. The number of nitrogens with zero attached hydrogens (tertiary/aromatic N) is 2. The van der Waals surface area contributed by atoms with Crippen LogP contribution in [0.25, 0.3) is 0 Å². The summed E-state index contributed by atoms with van der Waals surface area (Å²) in [6.45, 7) is 3.31. The van der Waals surface area contributed by atoms with Crippen molar-refractivity contribution in [3.63, 3.8) is 0 Å². The second kappa shape index (κ2) is 9.12. The highest BCUT2D eigenvalue weighted by atomic mass is 16.5. The van der Waals surface area contributed by atoms with Crippen LogP contribution in [-0.4, -0.2) is 76.2 Å². The number of urea groups is 1. The molecule has 0 atom stereocenters. The van der Waals surface area contributed by atoms with Crippen LogP contribution in [-0.2, 0) is 4.79 Å². The molecule has 2 rings (SSSR count). The van der Waals surface area contributed by atoms with Crippen molar-refractivity contribution in [3.8, 4) is 17.2 Å². The molecule has 1 aliphatic rings. The van der Waals surface area contributed by atoms with Crippen molar-refractivity contribution in [2.75, 3.05) is 59.4 Å². The summed E-state index contributed by atoms with van der Waals surface area (Å²) < 4.78 is 15.9. The van der Waals surface area contributed by atoms with Gasteiger partial charge >= 0.3 is 6.03 Å². The van der Waals surface area contributed by atoms with Crippen LogP contribution in [0.2, 0.25) is 0 Å². The summed E-state index contributed by atoms with van der Waals surface area (Å²) in [7, 11) is 4.59. The molecule has 1 fully saturated rings. The summed E-state index contributed by atoms with van der Waals surface area (Å²) in [5.74, 6) is 1.50. The van der Waals surface area contributed by atoms with Crippen LogP contribution >= 0.6 is 0 Å². The van der Waals surface area contributed by atoms with Crippen molar-refractivity contribution in [2.24, 2.45) is 0 Å². The molecule has 1 aromatic rings. The lowest BCUT2D eigenvalue weighted by Gasteiger charge is -2.34. The van der Waals surface area contributed by atoms with Gasteiger partial charge in [0.15, 0.2) is 6.29 Å². The second-order valence-electron chi connectivity index (χ2n) is 5.56. The lowest BCUT2D eigenvalue weighted by atomic mass is 10.2. The summed E-state index contributed by atoms with van der Waals surface area (Å²) in [6.07, 6.45) is 2.29. The Morgan fingerprint density at radius 1 is 1.08 bits per heavy atom. The molecular weight excluding hydrogens is 326 g/mol. The molecule has 25 heavy (non-hydrogen) atoms. The Morgan fingerprint density at radius 2 is 1.68 bits per heavy atom. The van der Waals surface area contributed by atoms with E-state index < -0.39 is 0 Å². The summed E-state index contributed by atoms with van der Waals surface area (Å²) in [5, 5.41) is 2.86. The SMILES string of the molecule is COc1cc(OC)c(NC(=O)N2CCN(CC[C]=O)CC2)c(OC)c1. The quantitative estimate of drug-likeness (QED) is 0.800. The summed E-state index contributed by atoms with van der Waals surface area (Å²) in [4.78, 5) is 26.8. The highest BCUT2D eigenvalue weighted by Gasteiger charge is 2.23. The van der Waals surface area contributed by atoms with E-state index in [1.807, 2.05) is 6.29 Å². The first-order chi connectivity index (χ1) is 12.1. The monoisotopic (exact) mass is 350 g/mol. The minimum Gasteiger partial charge on any atom is -0.496 e. The first kappa shape index (κ1) is 18.9. The Kier molecular flexibility index (Phi) is 6.88. The minimum atomic E-state index is -0.219. The van der Waals surface area contributed by atoms with Gasteiger partial charge in [-0.3, -0.25) is 9.69 Å². The third-order valence-electron chi connectivity index (χ3n) is 4.14. The molecule has 1 saturated heterocycles. The number of hydrogen-bond donors (Lipinski definition) is 1. The fourth-order valence-electron chi connectivity index (χ4n) is 2.69. The zero-order valence-corrected chi connectivity index (χ0v) is 14.8. The van der Waals surface area contributed by atoms with Crippen LogP contribution in [0.15, 0.2) is 12.1 Å². The van der Waals surface area contributed by atoms with E-state index >= 15 is 0 Å². The van der Waals surface area contributed by atoms with Crippen LogP contribution in [0.4, 0.5) is 10.5 Å². The standard InChI is InChI=1S/C17H24N3O5/c1-23-13-11-14(24-2)16(15(12-13)25-3)18-17(22)20-8-6-19(7-9-20)5-4-10-21/h11-12H,4-9H2,1-3H3,(H,18,22). The Bertz CT molecular complexity index is 575. The molecular formula is C17H24N3O5. The number of carbonyl (C=O) groups excluding carboxylic acids is 2. The van der Waals surface area contributed by atoms with Crippen LogP contribution in [0.1, 0.15) is 6.42 Å². The van der Waals surface area contributed by atoms with E-state index in [2.05, 4.69) is 10.2 Å². The fraction of sp³-hybridized carbons (Fsp3) is 0.529. The molecule has 2 amide bonds. The number of rotatable bonds is 7. The number of piperazine rings is 1. The molecule has 137 valence electrons. The van der Waals surface area contributed by atoms with E-state index in [0.717, 1.165) is 13.1 Å². The molecule has 0 aromatic heterocycles. The fourth-order valence-corrected chi connectivity index (χ4v) is 2.69. The number of nitrogens with one attached hydrogen (secondary N) is 1. The molecule has 0 aliphatic carbocycles. The number of methoxy groups -OCH3 is 3. The van der Waals surface area contributed by atoms with Gasteiger partial charge in [0.2, 0.25) is 0 Å². The second-order valence-corrected chi connectivity index (χ2v) is 5.56. The number of carbonyl (C=O) groups is 1. The molecule has 1 heterocycles. The number of hydrogen-bond acceptors (Lipinski definition) is 6. The van der Waals surface area contributed by atoms with Crippen molar-refractivity contribution in [3.05, 3.63) is 12.1 Å². The van der Waals surface area contributed by atoms with Crippen LogP contribution in [0.5, 0.6) is 17.2 Å². The van der Waals surface area contributed by atoms with Gasteiger partial charge in [0.25, 0.3) is 0 Å². The van der Waals surface area contributed by atoms with Crippen molar-refractivity contribution in [1.82, 2.24) is 9.80 Å². The maximum absolute atomic E-state index is 12.6. The van der Waals surface area contributed by atoms with E-state index in [1.165, 1.54) is 14.2 Å². The smallest absolute Gasteiger partial charge is 0.322 e. The number of amides is 2. The highest BCUT2D eigenvalue weighted by Crippen LogP contribution is 2.39. The largest absolute Gasteiger partial charge is 0.496 e. The van der Waals surface area contributed by atoms with Gasteiger partial charge in [-0.2, -0.15) is 0 Å². The Hall–Kier alpha value is -2.48. The molecule has 8 heteroatoms. The van der Waals surface area contributed by atoms with Gasteiger partial charge in [0, 0.05) is 51.3 Å². The Morgan fingerprint density at radius 3 is 2.16 bits per heavy atom. The number of benzene rings is 1. The molecule has 8 nitrogen and oxygen atoms in total. The summed E-state index contributed by atoms with van der Waals surface area (Å²) in [5.41, 5.74) is 0.466. The van der Waals surface area contributed by atoms with Gasteiger partial charge in [-0.1, -0.05) is 0 Å². The van der Waals surface area contributed by atoms with Gasteiger partial charge in [-0.25, -0.2) is 4.79 Å². The maximum Gasteiger partial charge on any atom is 0.322 e.